The lowest BCUT2D eigenvalue weighted by atomic mass is 10.1. The molecule has 0 unspecified atom stereocenters. The van der Waals surface area contributed by atoms with Crippen molar-refractivity contribution in [3.63, 3.8) is 0 Å². The maximum Gasteiger partial charge on any atom is 0.243 e. The van der Waals surface area contributed by atoms with Gasteiger partial charge in [0.2, 0.25) is 10.0 Å². The Morgan fingerprint density at radius 3 is 2.60 bits per heavy atom. The lowest BCUT2D eigenvalue weighted by Crippen LogP contribution is -2.28. The van der Waals surface area contributed by atoms with Gasteiger partial charge in [-0.15, -0.1) is 6.58 Å². The Hall–Kier alpha value is -1.65. The third-order valence-electron chi connectivity index (χ3n) is 3.32. The zero-order valence-corrected chi connectivity index (χ0v) is 12.4. The summed E-state index contributed by atoms with van der Waals surface area (Å²) in [6.45, 7) is 4.15. The van der Waals surface area contributed by atoms with Gasteiger partial charge in [0.25, 0.3) is 0 Å². The summed E-state index contributed by atoms with van der Waals surface area (Å²) in [6.07, 6.45) is 3.40. The van der Waals surface area contributed by atoms with Crippen molar-refractivity contribution < 1.29 is 8.42 Å². The van der Waals surface area contributed by atoms with Crippen molar-refractivity contribution in [2.24, 2.45) is 0 Å². The van der Waals surface area contributed by atoms with E-state index in [4.69, 9.17) is 0 Å². The van der Waals surface area contributed by atoms with Crippen LogP contribution in [0.15, 0.2) is 60.0 Å². The van der Waals surface area contributed by atoms with Crippen LogP contribution in [-0.4, -0.2) is 26.3 Å². The van der Waals surface area contributed by atoms with Crippen LogP contribution in [0.3, 0.4) is 0 Å². The molecule has 106 valence electrons. The van der Waals surface area contributed by atoms with E-state index in [0.717, 1.165) is 23.6 Å². The van der Waals surface area contributed by atoms with Gasteiger partial charge in [-0.2, -0.15) is 0 Å². The molecule has 3 nitrogen and oxygen atoms in total. The van der Waals surface area contributed by atoms with E-state index < -0.39 is 10.0 Å². The Morgan fingerprint density at radius 1 is 1.15 bits per heavy atom. The van der Waals surface area contributed by atoms with Crippen LogP contribution in [0, 0.1) is 0 Å². The predicted molar refractivity (Wildman–Crippen MR) is 83.2 cm³/mol. The van der Waals surface area contributed by atoms with Crippen LogP contribution in [0.1, 0.15) is 12.8 Å². The summed E-state index contributed by atoms with van der Waals surface area (Å²) in [7, 11) is -1.82. The number of fused-ring (bicyclic) bond motifs is 1. The minimum Gasteiger partial charge on any atom is -0.207 e. The van der Waals surface area contributed by atoms with Gasteiger partial charge in [-0.1, -0.05) is 42.5 Å². The molecule has 0 spiro atoms. The van der Waals surface area contributed by atoms with Crippen LogP contribution in [0.4, 0.5) is 0 Å². The van der Waals surface area contributed by atoms with Gasteiger partial charge < -0.3 is 0 Å². The van der Waals surface area contributed by atoms with Crippen molar-refractivity contribution in [2.45, 2.75) is 17.7 Å². The predicted octanol–water partition coefficient (Wildman–Crippen LogP) is 3.43. The number of rotatable bonds is 6. The highest BCUT2D eigenvalue weighted by Gasteiger charge is 2.22. The molecule has 20 heavy (non-hydrogen) atoms. The number of nitrogens with zero attached hydrogens (tertiary/aromatic N) is 1. The third kappa shape index (κ3) is 2.92. The summed E-state index contributed by atoms with van der Waals surface area (Å²) in [4.78, 5) is 0.372. The average Bonchev–Trinajstić information content (AvgIpc) is 2.46. The van der Waals surface area contributed by atoms with Gasteiger partial charge >= 0.3 is 0 Å². The monoisotopic (exact) mass is 289 g/mol. The summed E-state index contributed by atoms with van der Waals surface area (Å²) >= 11 is 0. The number of allylic oxidation sites excluding steroid dienone is 1. The van der Waals surface area contributed by atoms with Crippen molar-refractivity contribution >= 4 is 20.8 Å². The zero-order chi connectivity index (χ0) is 14.6. The Bertz CT molecular complexity index is 702. The first-order chi connectivity index (χ1) is 9.57. The smallest absolute Gasteiger partial charge is 0.207 e. The molecule has 0 atom stereocenters. The minimum atomic E-state index is -3.45. The van der Waals surface area contributed by atoms with E-state index in [2.05, 4.69) is 6.58 Å². The van der Waals surface area contributed by atoms with E-state index in [1.165, 1.54) is 4.31 Å². The zero-order valence-electron chi connectivity index (χ0n) is 11.6. The minimum absolute atomic E-state index is 0.372. The van der Waals surface area contributed by atoms with Crippen molar-refractivity contribution in [1.82, 2.24) is 4.31 Å². The first-order valence-electron chi connectivity index (χ1n) is 6.62. The Labute approximate surface area is 120 Å². The fraction of sp³-hybridized carbons (Fsp3) is 0.250. The maximum absolute atomic E-state index is 12.6. The van der Waals surface area contributed by atoms with E-state index in [1.54, 1.807) is 25.3 Å². The van der Waals surface area contributed by atoms with Gasteiger partial charge in [0, 0.05) is 19.0 Å². The number of benzene rings is 2. The number of unbranched alkanes of at least 4 members (excludes halogenated alkanes) is 1. The topological polar surface area (TPSA) is 37.4 Å². The molecule has 0 fully saturated rings. The summed E-state index contributed by atoms with van der Waals surface area (Å²) in [6, 6.07) is 12.9. The van der Waals surface area contributed by atoms with Gasteiger partial charge in [-0.25, -0.2) is 12.7 Å². The van der Waals surface area contributed by atoms with E-state index in [-0.39, 0.29) is 0 Å². The van der Waals surface area contributed by atoms with Crippen LogP contribution in [-0.2, 0) is 10.0 Å². The second-order valence-corrected chi connectivity index (χ2v) is 6.75. The SMILES string of the molecule is C=CCCCN(C)S(=O)(=O)c1cccc2ccccc12. The fourth-order valence-corrected chi connectivity index (χ4v) is 3.59. The van der Waals surface area contributed by atoms with Crippen LogP contribution >= 0.6 is 0 Å². The van der Waals surface area contributed by atoms with Crippen molar-refractivity contribution in [1.29, 1.82) is 0 Å². The molecule has 0 aliphatic rings. The van der Waals surface area contributed by atoms with Crippen LogP contribution < -0.4 is 0 Å². The van der Waals surface area contributed by atoms with Crippen LogP contribution in [0.5, 0.6) is 0 Å². The highest BCUT2D eigenvalue weighted by molar-refractivity contribution is 7.89. The second-order valence-electron chi connectivity index (χ2n) is 4.73. The largest absolute Gasteiger partial charge is 0.243 e. The van der Waals surface area contributed by atoms with Gasteiger partial charge in [-0.05, 0) is 24.3 Å². The average molecular weight is 289 g/mol. The molecular formula is C16H19NO2S. The molecule has 2 aromatic carbocycles. The van der Waals surface area contributed by atoms with Crippen molar-refractivity contribution in [2.75, 3.05) is 13.6 Å². The number of hydrogen-bond acceptors (Lipinski definition) is 2. The van der Waals surface area contributed by atoms with E-state index in [9.17, 15) is 8.42 Å². The molecule has 0 aliphatic carbocycles. The van der Waals surface area contributed by atoms with E-state index in [1.807, 2.05) is 30.3 Å². The third-order valence-corrected chi connectivity index (χ3v) is 5.23. The Balaban J connectivity index is 2.39. The van der Waals surface area contributed by atoms with Gasteiger partial charge in [0.1, 0.15) is 0 Å². The molecular weight excluding hydrogens is 270 g/mol. The molecule has 2 aromatic rings. The molecule has 0 saturated carbocycles. The lowest BCUT2D eigenvalue weighted by Gasteiger charge is -2.18. The quantitative estimate of drug-likeness (QED) is 0.603. The highest BCUT2D eigenvalue weighted by atomic mass is 32.2. The molecule has 0 amide bonds. The molecule has 0 heterocycles. The second kappa shape index (κ2) is 6.20. The first kappa shape index (κ1) is 14.8. The van der Waals surface area contributed by atoms with Crippen LogP contribution in [0.25, 0.3) is 10.8 Å². The van der Waals surface area contributed by atoms with Gasteiger partial charge in [0.05, 0.1) is 4.90 Å². The molecule has 0 aromatic heterocycles. The summed E-state index contributed by atoms with van der Waals surface area (Å²) < 4.78 is 26.7. The molecule has 0 bridgehead atoms. The standard InChI is InChI=1S/C16H19NO2S/c1-3-4-7-13-17(2)20(18,19)16-12-8-10-14-9-5-6-11-15(14)16/h3,5-6,8-12H,1,4,7,13H2,2H3. The van der Waals surface area contributed by atoms with Crippen LogP contribution in [0.2, 0.25) is 0 Å². The number of hydrogen-bond donors (Lipinski definition) is 0. The Morgan fingerprint density at radius 2 is 1.85 bits per heavy atom. The van der Waals surface area contributed by atoms with Crippen molar-refractivity contribution in [3.05, 3.63) is 55.1 Å². The maximum atomic E-state index is 12.6. The lowest BCUT2D eigenvalue weighted by molar-refractivity contribution is 0.463. The van der Waals surface area contributed by atoms with E-state index >= 15 is 0 Å². The molecule has 0 saturated heterocycles. The molecule has 0 aliphatic heterocycles. The van der Waals surface area contributed by atoms with Gasteiger partial charge in [-0.3, -0.25) is 0 Å². The number of sulfonamides is 1. The fourth-order valence-electron chi connectivity index (χ4n) is 2.17. The molecule has 0 N–H and O–H groups in total. The summed E-state index contributed by atoms with van der Waals surface area (Å²) in [5, 5.41) is 1.71. The summed E-state index contributed by atoms with van der Waals surface area (Å²) in [5.41, 5.74) is 0. The molecule has 2 rings (SSSR count). The summed E-state index contributed by atoms with van der Waals surface area (Å²) in [5.74, 6) is 0. The highest BCUT2D eigenvalue weighted by Crippen LogP contribution is 2.25. The molecule has 4 heteroatoms. The first-order valence-corrected chi connectivity index (χ1v) is 8.06. The van der Waals surface area contributed by atoms with E-state index in [0.29, 0.717) is 11.4 Å². The van der Waals surface area contributed by atoms with Crippen molar-refractivity contribution in [3.8, 4) is 0 Å². The molecule has 0 radical (unpaired) electrons. The van der Waals surface area contributed by atoms with Gasteiger partial charge in [0.15, 0.2) is 0 Å². The normalized spacial score (nSPS) is 11.9. The Kier molecular flexibility index (Phi) is 4.57.